The van der Waals surface area contributed by atoms with Crippen molar-refractivity contribution in [3.8, 4) is 0 Å². The molecule has 0 bridgehead atoms. The maximum absolute atomic E-state index is 5.97. The summed E-state index contributed by atoms with van der Waals surface area (Å²) in [6, 6.07) is 0. The van der Waals surface area contributed by atoms with Crippen LogP contribution in [0.25, 0.3) is 0 Å². The average Bonchev–Trinajstić information content (AvgIpc) is 1.89. The molecule has 10 heavy (non-hydrogen) atoms. The highest BCUT2D eigenvalue weighted by Crippen LogP contribution is 2.12. The lowest BCUT2D eigenvalue weighted by atomic mass is 10.1. The Morgan fingerprint density at radius 1 is 1.30 bits per heavy atom. The van der Waals surface area contributed by atoms with Crippen molar-refractivity contribution in [2.75, 3.05) is 5.75 Å². The van der Waals surface area contributed by atoms with Crippen LogP contribution in [-0.2, 0) is 0 Å². The molecule has 1 unspecified atom stereocenters. The molecular weight excluding hydrogens is 164 g/mol. The predicted molar refractivity (Wildman–Crippen MR) is 52.3 cm³/mol. The standard InChI is InChI=1S/C8H17ClS/c1-2-3-4-5-8(9)6-7-10/h8,10H,2-7H2,1H3. The fourth-order valence-corrected chi connectivity index (χ4v) is 1.63. The first-order chi connectivity index (χ1) is 4.81. The molecule has 0 heterocycles. The summed E-state index contributed by atoms with van der Waals surface area (Å²) in [5, 5.41) is 0.365. The number of unbranched alkanes of at least 4 members (excludes halogenated alkanes) is 2. The summed E-state index contributed by atoms with van der Waals surface area (Å²) in [5.74, 6) is 0.917. The molecule has 1 atom stereocenters. The van der Waals surface area contributed by atoms with Crippen LogP contribution in [0.3, 0.4) is 0 Å². The van der Waals surface area contributed by atoms with Crippen molar-refractivity contribution < 1.29 is 0 Å². The van der Waals surface area contributed by atoms with Crippen LogP contribution >= 0.6 is 24.2 Å². The predicted octanol–water partition coefficient (Wildman–Crippen LogP) is 3.49. The monoisotopic (exact) mass is 180 g/mol. The van der Waals surface area contributed by atoms with Gasteiger partial charge in [0.2, 0.25) is 0 Å². The van der Waals surface area contributed by atoms with Gasteiger partial charge in [0.1, 0.15) is 0 Å². The molecular formula is C8H17ClS. The van der Waals surface area contributed by atoms with E-state index in [1.54, 1.807) is 0 Å². The van der Waals surface area contributed by atoms with Crippen LogP contribution in [0, 0.1) is 0 Å². The van der Waals surface area contributed by atoms with E-state index >= 15 is 0 Å². The maximum Gasteiger partial charge on any atom is 0.0343 e. The lowest BCUT2D eigenvalue weighted by Gasteiger charge is -2.05. The third-order valence-corrected chi connectivity index (χ3v) is 2.26. The SMILES string of the molecule is CCCCCC(Cl)CCS. The van der Waals surface area contributed by atoms with Crippen LogP contribution in [0.1, 0.15) is 39.0 Å². The highest BCUT2D eigenvalue weighted by Gasteiger charge is 2.01. The highest BCUT2D eigenvalue weighted by molar-refractivity contribution is 7.80. The minimum atomic E-state index is 0.365. The molecule has 0 spiro atoms. The van der Waals surface area contributed by atoms with Gasteiger partial charge in [-0.15, -0.1) is 11.6 Å². The van der Waals surface area contributed by atoms with Crippen LogP contribution in [0.2, 0.25) is 0 Å². The van der Waals surface area contributed by atoms with Gasteiger partial charge in [0.25, 0.3) is 0 Å². The minimum absolute atomic E-state index is 0.365. The van der Waals surface area contributed by atoms with E-state index in [0.717, 1.165) is 18.6 Å². The van der Waals surface area contributed by atoms with Gasteiger partial charge in [-0.3, -0.25) is 0 Å². The first-order valence-corrected chi connectivity index (χ1v) is 5.13. The lowest BCUT2D eigenvalue weighted by Crippen LogP contribution is -1.98. The Labute approximate surface area is 74.8 Å². The summed E-state index contributed by atoms with van der Waals surface area (Å²) in [5.41, 5.74) is 0. The third-order valence-electron chi connectivity index (χ3n) is 1.56. The van der Waals surface area contributed by atoms with E-state index < -0.39 is 0 Å². The molecule has 0 aliphatic heterocycles. The number of halogens is 1. The molecule has 0 saturated heterocycles. The molecule has 0 aromatic rings. The molecule has 62 valence electrons. The molecule has 0 aliphatic carbocycles. The first-order valence-electron chi connectivity index (χ1n) is 4.06. The zero-order valence-corrected chi connectivity index (χ0v) is 8.30. The van der Waals surface area contributed by atoms with Gasteiger partial charge in [0, 0.05) is 5.38 Å². The Bertz CT molecular complexity index is 66.3. The highest BCUT2D eigenvalue weighted by atomic mass is 35.5. The molecule has 0 N–H and O–H groups in total. The Kier molecular flexibility index (Phi) is 8.24. The first kappa shape index (κ1) is 10.6. The molecule has 0 fully saturated rings. The molecule has 0 amide bonds. The Hall–Kier alpha value is 0.640. The molecule has 2 heteroatoms. The number of hydrogen-bond donors (Lipinski definition) is 1. The summed E-state index contributed by atoms with van der Waals surface area (Å²) >= 11 is 10.1. The second kappa shape index (κ2) is 7.74. The van der Waals surface area contributed by atoms with Crippen LogP contribution < -0.4 is 0 Å². The summed E-state index contributed by atoms with van der Waals surface area (Å²) < 4.78 is 0. The number of rotatable bonds is 6. The summed E-state index contributed by atoms with van der Waals surface area (Å²) in [7, 11) is 0. The van der Waals surface area contributed by atoms with E-state index in [1.807, 2.05) is 0 Å². The normalized spacial score (nSPS) is 13.5. The largest absolute Gasteiger partial charge is 0.179 e. The van der Waals surface area contributed by atoms with E-state index in [2.05, 4.69) is 19.6 Å². The van der Waals surface area contributed by atoms with Gasteiger partial charge in [-0.05, 0) is 18.6 Å². The Morgan fingerprint density at radius 3 is 2.50 bits per heavy atom. The second-order valence-corrected chi connectivity index (χ2v) is 3.67. The van der Waals surface area contributed by atoms with Gasteiger partial charge in [-0.2, -0.15) is 12.6 Å². The quantitative estimate of drug-likeness (QED) is 0.361. The fraction of sp³-hybridized carbons (Fsp3) is 1.00. The smallest absolute Gasteiger partial charge is 0.0343 e. The molecule has 0 saturated carbocycles. The number of alkyl halides is 1. The van der Waals surface area contributed by atoms with E-state index in [1.165, 1.54) is 19.3 Å². The summed E-state index contributed by atoms with van der Waals surface area (Å²) in [6.45, 7) is 2.21. The maximum atomic E-state index is 5.97. The van der Waals surface area contributed by atoms with Crippen molar-refractivity contribution in [3.63, 3.8) is 0 Å². The van der Waals surface area contributed by atoms with Crippen molar-refractivity contribution in [2.24, 2.45) is 0 Å². The van der Waals surface area contributed by atoms with Gasteiger partial charge in [-0.1, -0.05) is 26.2 Å². The van der Waals surface area contributed by atoms with Crippen molar-refractivity contribution in [1.82, 2.24) is 0 Å². The number of thiol groups is 1. The van der Waals surface area contributed by atoms with E-state index in [9.17, 15) is 0 Å². The molecule has 0 aliphatic rings. The zero-order valence-electron chi connectivity index (χ0n) is 6.65. The Balaban J connectivity index is 2.97. The van der Waals surface area contributed by atoms with Gasteiger partial charge < -0.3 is 0 Å². The zero-order chi connectivity index (χ0) is 7.82. The van der Waals surface area contributed by atoms with Crippen molar-refractivity contribution in [3.05, 3.63) is 0 Å². The Morgan fingerprint density at radius 2 is 2.00 bits per heavy atom. The van der Waals surface area contributed by atoms with Crippen LogP contribution in [-0.4, -0.2) is 11.1 Å². The average molecular weight is 181 g/mol. The van der Waals surface area contributed by atoms with Crippen molar-refractivity contribution >= 4 is 24.2 Å². The molecule has 0 nitrogen and oxygen atoms in total. The minimum Gasteiger partial charge on any atom is -0.179 e. The van der Waals surface area contributed by atoms with Crippen molar-refractivity contribution in [2.45, 2.75) is 44.4 Å². The second-order valence-electron chi connectivity index (χ2n) is 2.61. The van der Waals surface area contributed by atoms with Crippen LogP contribution in [0.5, 0.6) is 0 Å². The van der Waals surface area contributed by atoms with Gasteiger partial charge in [-0.25, -0.2) is 0 Å². The summed E-state index contributed by atoms with van der Waals surface area (Å²) in [6.07, 6.45) is 6.09. The topological polar surface area (TPSA) is 0 Å². The van der Waals surface area contributed by atoms with Gasteiger partial charge in [0.15, 0.2) is 0 Å². The molecule has 0 aromatic carbocycles. The number of hydrogen-bond acceptors (Lipinski definition) is 1. The summed E-state index contributed by atoms with van der Waals surface area (Å²) in [4.78, 5) is 0. The van der Waals surface area contributed by atoms with E-state index in [4.69, 9.17) is 11.6 Å². The van der Waals surface area contributed by atoms with Crippen LogP contribution in [0.4, 0.5) is 0 Å². The molecule has 0 aromatic heterocycles. The molecule has 0 rings (SSSR count). The van der Waals surface area contributed by atoms with Crippen LogP contribution in [0.15, 0.2) is 0 Å². The fourth-order valence-electron chi connectivity index (χ4n) is 0.900. The van der Waals surface area contributed by atoms with E-state index in [-0.39, 0.29) is 0 Å². The molecule has 0 radical (unpaired) electrons. The van der Waals surface area contributed by atoms with Crippen molar-refractivity contribution in [1.29, 1.82) is 0 Å². The lowest BCUT2D eigenvalue weighted by molar-refractivity contribution is 0.633. The van der Waals surface area contributed by atoms with Gasteiger partial charge >= 0.3 is 0 Å². The third kappa shape index (κ3) is 6.76. The van der Waals surface area contributed by atoms with E-state index in [0.29, 0.717) is 5.38 Å². The van der Waals surface area contributed by atoms with Gasteiger partial charge in [0.05, 0.1) is 0 Å².